The van der Waals surface area contributed by atoms with Gasteiger partial charge in [-0.25, -0.2) is 0 Å². The normalized spacial score (nSPS) is 12.3. The number of benzene rings is 2. The Bertz CT molecular complexity index is 653. The standard InChI is InChI=1S/C17H18Cl2O2/c1-4-21-16-9-14(18)13(8-15(16)19)17(20)12-7-5-6-10(2)11(12)3/h5-9,17,20H,4H2,1-3H3. The minimum absolute atomic E-state index is 0.441. The maximum Gasteiger partial charge on any atom is 0.139 e. The number of aliphatic hydroxyl groups excluding tert-OH is 1. The molecule has 2 aromatic rings. The van der Waals surface area contributed by atoms with Crippen molar-refractivity contribution in [1.82, 2.24) is 0 Å². The van der Waals surface area contributed by atoms with Gasteiger partial charge in [0.2, 0.25) is 0 Å². The van der Waals surface area contributed by atoms with Gasteiger partial charge in [-0.15, -0.1) is 0 Å². The van der Waals surface area contributed by atoms with Gasteiger partial charge in [0.15, 0.2) is 0 Å². The van der Waals surface area contributed by atoms with Gasteiger partial charge >= 0.3 is 0 Å². The summed E-state index contributed by atoms with van der Waals surface area (Å²) in [6.07, 6.45) is -0.814. The quantitative estimate of drug-likeness (QED) is 0.848. The predicted molar refractivity (Wildman–Crippen MR) is 87.6 cm³/mol. The summed E-state index contributed by atoms with van der Waals surface area (Å²) in [5.74, 6) is 0.529. The van der Waals surface area contributed by atoms with Crippen LogP contribution >= 0.6 is 23.2 Å². The first-order chi connectivity index (χ1) is 9.95. The lowest BCUT2D eigenvalue weighted by atomic mass is 9.95. The molecule has 1 unspecified atom stereocenters. The van der Waals surface area contributed by atoms with E-state index in [2.05, 4.69) is 0 Å². The molecule has 0 spiro atoms. The number of hydrogen-bond donors (Lipinski definition) is 1. The fourth-order valence-electron chi connectivity index (χ4n) is 2.26. The van der Waals surface area contributed by atoms with Crippen molar-refractivity contribution in [2.45, 2.75) is 26.9 Å². The molecule has 0 heterocycles. The lowest BCUT2D eigenvalue weighted by Gasteiger charge is -2.18. The number of hydrogen-bond acceptors (Lipinski definition) is 2. The molecular formula is C17H18Cl2O2. The van der Waals surface area contributed by atoms with Crippen LogP contribution in [0.15, 0.2) is 30.3 Å². The molecular weight excluding hydrogens is 307 g/mol. The van der Waals surface area contributed by atoms with Gasteiger partial charge < -0.3 is 9.84 Å². The van der Waals surface area contributed by atoms with Gasteiger partial charge in [0.25, 0.3) is 0 Å². The smallest absolute Gasteiger partial charge is 0.139 e. The van der Waals surface area contributed by atoms with Crippen molar-refractivity contribution in [3.63, 3.8) is 0 Å². The SMILES string of the molecule is CCOc1cc(Cl)c(C(O)c2cccc(C)c2C)cc1Cl. The Morgan fingerprint density at radius 1 is 1.10 bits per heavy atom. The molecule has 0 bridgehead atoms. The summed E-state index contributed by atoms with van der Waals surface area (Å²) in [5.41, 5.74) is 3.58. The zero-order chi connectivity index (χ0) is 15.6. The molecule has 1 atom stereocenters. The number of rotatable bonds is 4. The monoisotopic (exact) mass is 324 g/mol. The second-order valence-electron chi connectivity index (χ2n) is 4.93. The van der Waals surface area contributed by atoms with Crippen molar-refractivity contribution in [1.29, 1.82) is 0 Å². The molecule has 0 fully saturated rings. The summed E-state index contributed by atoms with van der Waals surface area (Å²) in [7, 11) is 0. The highest BCUT2D eigenvalue weighted by atomic mass is 35.5. The molecule has 4 heteroatoms. The highest BCUT2D eigenvalue weighted by Crippen LogP contribution is 2.37. The van der Waals surface area contributed by atoms with Crippen LogP contribution in [-0.4, -0.2) is 11.7 Å². The van der Waals surface area contributed by atoms with Crippen molar-refractivity contribution in [3.8, 4) is 5.75 Å². The van der Waals surface area contributed by atoms with Crippen molar-refractivity contribution in [2.75, 3.05) is 6.61 Å². The maximum absolute atomic E-state index is 10.6. The number of aryl methyl sites for hydroxylation is 1. The summed E-state index contributed by atoms with van der Waals surface area (Å²) in [5, 5.41) is 11.5. The van der Waals surface area contributed by atoms with Crippen LogP contribution in [0.1, 0.15) is 35.3 Å². The lowest BCUT2D eigenvalue weighted by Crippen LogP contribution is -2.04. The molecule has 21 heavy (non-hydrogen) atoms. The number of aliphatic hydroxyl groups is 1. The molecule has 112 valence electrons. The minimum Gasteiger partial charge on any atom is -0.492 e. The van der Waals surface area contributed by atoms with Gasteiger partial charge in [-0.05, 0) is 43.5 Å². The Balaban J connectivity index is 2.46. The van der Waals surface area contributed by atoms with Crippen LogP contribution in [0.5, 0.6) is 5.75 Å². The van der Waals surface area contributed by atoms with Crippen LogP contribution in [-0.2, 0) is 0 Å². The fourth-order valence-corrected chi connectivity index (χ4v) is 2.74. The second-order valence-corrected chi connectivity index (χ2v) is 5.74. The Labute approximate surface area is 135 Å². The van der Waals surface area contributed by atoms with E-state index in [0.717, 1.165) is 16.7 Å². The molecule has 0 aliphatic carbocycles. The first kappa shape index (κ1) is 16.2. The molecule has 0 amide bonds. The van der Waals surface area contributed by atoms with Gasteiger partial charge in [-0.2, -0.15) is 0 Å². The van der Waals surface area contributed by atoms with Crippen molar-refractivity contribution in [2.24, 2.45) is 0 Å². The van der Waals surface area contributed by atoms with Crippen LogP contribution in [0, 0.1) is 13.8 Å². The summed E-state index contributed by atoms with van der Waals surface area (Å²) in [6, 6.07) is 9.15. The Morgan fingerprint density at radius 3 is 2.48 bits per heavy atom. The van der Waals surface area contributed by atoms with Crippen LogP contribution in [0.25, 0.3) is 0 Å². The molecule has 0 radical (unpaired) electrons. The third-order valence-corrected chi connectivity index (χ3v) is 4.21. The Hall–Kier alpha value is -1.22. The molecule has 2 nitrogen and oxygen atoms in total. The molecule has 2 aromatic carbocycles. The van der Waals surface area contributed by atoms with Gasteiger partial charge in [-0.1, -0.05) is 41.4 Å². The first-order valence-electron chi connectivity index (χ1n) is 6.81. The van der Waals surface area contributed by atoms with E-state index in [1.165, 1.54) is 0 Å². The summed E-state index contributed by atoms with van der Waals surface area (Å²) in [6.45, 7) is 6.38. The van der Waals surface area contributed by atoms with Gasteiger partial charge in [-0.3, -0.25) is 0 Å². The molecule has 0 aliphatic rings. The zero-order valence-electron chi connectivity index (χ0n) is 12.3. The number of halogens is 2. The van der Waals surface area contributed by atoms with E-state index in [4.69, 9.17) is 27.9 Å². The average molecular weight is 325 g/mol. The van der Waals surface area contributed by atoms with Crippen LogP contribution < -0.4 is 4.74 Å². The lowest BCUT2D eigenvalue weighted by molar-refractivity contribution is 0.219. The molecule has 1 N–H and O–H groups in total. The van der Waals surface area contributed by atoms with E-state index < -0.39 is 6.10 Å². The van der Waals surface area contributed by atoms with E-state index in [-0.39, 0.29) is 0 Å². The van der Waals surface area contributed by atoms with Gasteiger partial charge in [0.1, 0.15) is 11.9 Å². The fraction of sp³-hybridized carbons (Fsp3) is 0.294. The maximum atomic E-state index is 10.6. The second kappa shape index (κ2) is 6.69. The molecule has 0 aliphatic heterocycles. The number of ether oxygens (including phenoxy) is 1. The molecule has 0 saturated heterocycles. The summed E-state index contributed by atoms with van der Waals surface area (Å²) < 4.78 is 5.40. The predicted octanol–water partition coefficient (Wildman–Crippen LogP) is 5.09. The largest absolute Gasteiger partial charge is 0.492 e. The van der Waals surface area contributed by atoms with Crippen LogP contribution in [0.2, 0.25) is 10.0 Å². The average Bonchev–Trinajstić information content (AvgIpc) is 2.45. The van der Waals surface area contributed by atoms with Gasteiger partial charge in [0.05, 0.1) is 16.7 Å². The van der Waals surface area contributed by atoms with Crippen LogP contribution in [0.3, 0.4) is 0 Å². The molecule has 2 rings (SSSR count). The van der Waals surface area contributed by atoms with Crippen molar-refractivity contribution >= 4 is 23.2 Å². The molecule has 0 aromatic heterocycles. The third kappa shape index (κ3) is 3.34. The summed E-state index contributed by atoms with van der Waals surface area (Å²) >= 11 is 12.5. The Morgan fingerprint density at radius 2 is 1.81 bits per heavy atom. The molecule has 0 saturated carbocycles. The Kier molecular flexibility index (Phi) is 5.15. The van der Waals surface area contributed by atoms with Gasteiger partial charge in [0, 0.05) is 11.6 Å². The van der Waals surface area contributed by atoms with Crippen LogP contribution in [0.4, 0.5) is 0 Å². The van der Waals surface area contributed by atoms with E-state index in [1.807, 2.05) is 39.0 Å². The summed E-state index contributed by atoms with van der Waals surface area (Å²) in [4.78, 5) is 0. The zero-order valence-corrected chi connectivity index (χ0v) is 13.8. The first-order valence-corrected chi connectivity index (χ1v) is 7.57. The van der Waals surface area contributed by atoms with Crippen molar-refractivity contribution in [3.05, 3.63) is 62.6 Å². The highest BCUT2D eigenvalue weighted by Gasteiger charge is 2.19. The van der Waals surface area contributed by atoms with E-state index >= 15 is 0 Å². The minimum atomic E-state index is -0.814. The highest BCUT2D eigenvalue weighted by molar-refractivity contribution is 6.34. The topological polar surface area (TPSA) is 29.5 Å². The van der Waals surface area contributed by atoms with Crippen molar-refractivity contribution < 1.29 is 9.84 Å². The van der Waals surface area contributed by atoms with E-state index in [9.17, 15) is 5.11 Å². The van der Waals surface area contributed by atoms with E-state index in [0.29, 0.717) is 28.0 Å². The third-order valence-electron chi connectivity index (χ3n) is 3.59. The van der Waals surface area contributed by atoms with E-state index in [1.54, 1.807) is 12.1 Å².